The topological polar surface area (TPSA) is 86.9 Å². The molecule has 9 heteroatoms. The van der Waals surface area contributed by atoms with Crippen molar-refractivity contribution in [2.24, 2.45) is 0 Å². The van der Waals surface area contributed by atoms with Crippen LogP contribution in [0.15, 0.2) is 22.7 Å². The first kappa shape index (κ1) is 21.7. The number of nitrogens with zero attached hydrogens (tertiary/aromatic N) is 3. The summed E-state index contributed by atoms with van der Waals surface area (Å²) in [5, 5.41) is 3.93. The van der Waals surface area contributed by atoms with Crippen molar-refractivity contribution < 1.29 is 27.9 Å². The lowest BCUT2D eigenvalue weighted by Gasteiger charge is -2.47. The summed E-state index contributed by atoms with van der Waals surface area (Å²) in [5.74, 6) is 0.333. The number of morpholine rings is 1. The van der Waals surface area contributed by atoms with E-state index in [1.807, 2.05) is 20.8 Å². The fraction of sp³-hybridized carbons (Fsp3) is 0.591. The predicted octanol–water partition coefficient (Wildman–Crippen LogP) is 3.87. The van der Waals surface area contributed by atoms with Gasteiger partial charge < -0.3 is 18.7 Å². The molecule has 2 unspecified atom stereocenters. The fourth-order valence-corrected chi connectivity index (χ4v) is 3.97. The molecule has 0 aliphatic carbocycles. The second-order valence-corrected chi connectivity index (χ2v) is 9.11. The van der Waals surface area contributed by atoms with Gasteiger partial charge in [-0.1, -0.05) is 17.3 Å². The minimum atomic E-state index is -0.546. The molecule has 1 aromatic carbocycles. The molecule has 4 rings (SSSR count). The highest BCUT2D eigenvalue weighted by Gasteiger charge is 2.43. The molecule has 0 N–H and O–H groups in total. The van der Waals surface area contributed by atoms with Crippen LogP contribution in [0.1, 0.15) is 45.1 Å². The zero-order chi connectivity index (χ0) is 22.2. The highest BCUT2D eigenvalue weighted by molar-refractivity contribution is 5.69. The smallest absolute Gasteiger partial charge is 0.410 e. The van der Waals surface area contributed by atoms with E-state index in [-0.39, 0.29) is 36.7 Å². The first-order valence-electron chi connectivity index (χ1n) is 10.5. The largest absolute Gasteiger partial charge is 0.444 e. The number of aromatic nitrogens is 2. The van der Waals surface area contributed by atoms with Crippen LogP contribution in [0, 0.1) is 12.7 Å². The summed E-state index contributed by atoms with van der Waals surface area (Å²) in [7, 11) is 0. The standard InChI is InChI=1S/C22H28FN3O5/c1-13-5-6-14(7-18(13)23)20-24-19(31-25-20)12-29-17-8-15-10-28-11-16(9-17)26(15)21(27)30-22(2,3)4/h5-7,15-17H,8-12H2,1-4H3. The number of rotatable bonds is 4. The van der Waals surface area contributed by atoms with Gasteiger partial charge in [0, 0.05) is 5.56 Å². The Hall–Kier alpha value is -2.52. The van der Waals surface area contributed by atoms with Crippen molar-refractivity contribution in [3.8, 4) is 11.4 Å². The Labute approximate surface area is 180 Å². The predicted molar refractivity (Wildman–Crippen MR) is 109 cm³/mol. The van der Waals surface area contributed by atoms with Gasteiger partial charge in [0.25, 0.3) is 5.89 Å². The Balaban J connectivity index is 1.36. The van der Waals surface area contributed by atoms with Crippen LogP contribution in [0.2, 0.25) is 0 Å². The molecule has 1 amide bonds. The summed E-state index contributed by atoms with van der Waals surface area (Å²) in [6.45, 7) is 8.34. The van der Waals surface area contributed by atoms with Gasteiger partial charge in [0.1, 0.15) is 18.0 Å². The van der Waals surface area contributed by atoms with E-state index in [0.717, 1.165) is 0 Å². The molecule has 2 aliphatic rings. The van der Waals surface area contributed by atoms with E-state index in [0.29, 0.717) is 48.9 Å². The summed E-state index contributed by atoms with van der Waals surface area (Å²) >= 11 is 0. The van der Waals surface area contributed by atoms with E-state index in [1.165, 1.54) is 6.07 Å². The quantitative estimate of drug-likeness (QED) is 0.723. The Kier molecular flexibility index (Phi) is 5.98. The van der Waals surface area contributed by atoms with Gasteiger partial charge in [-0.25, -0.2) is 9.18 Å². The zero-order valence-electron chi connectivity index (χ0n) is 18.3. The molecule has 2 fully saturated rings. The van der Waals surface area contributed by atoms with E-state index >= 15 is 0 Å². The fourth-order valence-electron chi connectivity index (χ4n) is 3.97. The molecule has 168 valence electrons. The normalized spacial score (nSPS) is 23.6. The summed E-state index contributed by atoms with van der Waals surface area (Å²) in [6, 6.07) is 4.62. The number of carbonyl (C=O) groups excluding carboxylic acids is 1. The molecule has 2 bridgehead atoms. The van der Waals surface area contributed by atoms with Crippen molar-refractivity contribution in [1.29, 1.82) is 0 Å². The molecule has 1 aromatic heterocycles. The van der Waals surface area contributed by atoms with Crippen molar-refractivity contribution in [3.05, 3.63) is 35.5 Å². The number of fused-ring (bicyclic) bond motifs is 2. The summed E-state index contributed by atoms with van der Waals surface area (Å²) in [4.78, 5) is 18.8. The van der Waals surface area contributed by atoms with Crippen LogP contribution in [-0.4, -0.2) is 58.1 Å². The van der Waals surface area contributed by atoms with Gasteiger partial charge in [-0.2, -0.15) is 4.98 Å². The molecule has 0 saturated carbocycles. The third kappa shape index (κ3) is 5.04. The van der Waals surface area contributed by atoms with Crippen LogP contribution in [0.5, 0.6) is 0 Å². The van der Waals surface area contributed by atoms with Crippen LogP contribution in [0.25, 0.3) is 11.4 Å². The maximum Gasteiger partial charge on any atom is 0.410 e. The number of halogens is 1. The van der Waals surface area contributed by atoms with Crippen LogP contribution in [0.3, 0.4) is 0 Å². The van der Waals surface area contributed by atoms with Crippen molar-refractivity contribution in [2.75, 3.05) is 13.2 Å². The molecule has 2 aromatic rings. The number of carbonyl (C=O) groups is 1. The molecular weight excluding hydrogens is 405 g/mol. The maximum absolute atomic E-state index is 13.8. The van der Waals surface area contributed by atoms with Crippen LogP contribution >= 0.6 is 0 Å². The second-order valence-electron chi connectivity index (χ2n) is 9.11. The minimum absolute atomic E-state index is 0.0650. The maximum atomic E-state index is 13.8. The highest BCUT2D eigenvalue weighted by atomic mass is 19.1. The van der Waals surface area contributed by atoms with E-state index in [2.05, 4.69) is 10.1 Å². The van der Waals surface area contributed by atoms with E-state index in [1.54, 1.807) is 24.0 Å². The highest BCUT2D eigenvalue weighted by Crippen LogP contribution is 2.31. The minimum Gasteiger partial charge on any atom is -0.444 e. The average Bonchev–Trinajstić information content (AvgIpc) is 3.15. The molecule has 31 heavy (non-hydrogen) atoms. The number of hydrogen-bond acceptors (Lipinski definition) is 7. The third-order valence-electron chi connectivity index (χ3n) is 5.42. The van der Waals surface area contributed by atoms with Crippen LogP contribution in [-0.2, 0) is 20.8 Å². The Morgan fingerprint density at radius 2 is 1.97 bits per heavy atom. The molecule has 2 saturated heterocycles. The van der Waals surface area contributed by atoms with E-state index < -0.39 is 5.60 Å². The molecule has 0 spiro atoms. The van der Waals surface area contributed by atoms with Gasteiger partial charge in [-0.05, 0) is 52.2 Å². The number of hydrogen-bond donors (Lipinski definition) is 0. The summed E-state index contributed by atoms with van der Waals surface area (Å²) < 4.78 is 36.3. The van der Waals surface area contributed by atoms with Gasteiger partial charge in [0.2, 0.25) is 5.82 Å². The average molecular weight is 433 g/mol. The zero-order valence-corrected chi connectivity index (χ0v) is 18.3. The lowest BCUT2D eigenvalue weighted by molar-refractivity contribution is -0.121. The van der Waals surface area contributed by atoms with E-state index in [9.17, 15) is 9.18 Å². The molecular formula is C22H28FN3O5. The monoisotopic (exact) mass is 433 g/mol. The molecule has 0 radical (unpaired) electrons. The summed E-state index contributed by atoms with van der Waals surface area (Å²) in [6.07, 6.45) is 0.903. The van der Waals surface area contributed by atoms with Gasteiger partial charge in [0.15, 0.2) is 0 Å². The number of amides is 1. The molecule has 3 heterocycles. The summed E-state index contributed by atoms with van der Waals surface area (Å²) in [5.41, 5.74) is 0.564. The van der Waals surface area contributed by atoms with Crippen molar-refractivity contribution in [3.63, 3.8) is 0 Å². The molecule has 2 atom stereocenters. The van der Waals surface area contributed by atoms with E-state index in [4.69, 9.17) is 18.7 Å². The first-order chi connectivity index (χ1) is 14.7. The number of ether oxygens (including phenoxy) is 3. The van der Waals surface area contributed by atoms with Gasteiger partial charge >= 0.3 is 6.09 Å². The van der Waals surface area contributed by atoms with Crippen LogP contribution < -0.4 is 0 Å². The van der Waals surface area contributed by atoms with Crippen molar-refractivity contribution in [2.45, 2.75) is 70.9 Å². The third-order valence-corrected chi connectivity index (χ3v) is 5.42. The lowest BCUT2D eigenvalue weighted by Crippen LogP contribution is -2.61. The van der Waals surface area contributed by atoms with Crippen molar-refractivity contribution in [1.82, 2.24) is 15.0 Å². The number of benzene rings is 1. The van der Waals surface area contributed by atoms with Crippen LogP contribution in [0.4, 0.5) is 9.18 Å². The van der Waals surface area contributed by atoms with Crippen molar-refractivity contribution >= 4 is 6.09 Å². The lowest BCUT2D eigenvalue weighted by atomic mass is 9.92. The molecule has 2 aliphatic heterocycles. The second kappa shape index (κ2) is 8.55. The SMILES string of the molecule is Cc1ccc(-c2noc(COC3CC4COCC(C3)N4C(=O)OC(C)(C)C)n2)cc1F. The van der Waals surface area contributed by atoms with Gasteiger partial charge in [-0.3, -0.25) is 4.90 Å². The Morgan fingerprint density at radius 3 is 2.61 bits per heavy atom. The number of aryl methyl sites for hydroxylation is 1. The Bertz CT molecular complexity index is 927. The molecule has 8 nitrogen and oxygen atoms in total. The number of piperidine rings is 1. The van der Waals surface area contributed by atoms with Gasteiger partial charge in [0.05, 0.1) is 31.4 Å². The van der Waals surface area contributed by atoms with Gasteiger partial charge in [-0.15, -0.1) is 0 Å². The Morgan fingerprint density at radius 1 is 1.26 bits per heavy atom. The first-order valence-corrected chi connectivity index (χ1v) is 10.5.